The lowest BCUT2D eigenvalue weighted by Crippen LogP contribution is -2.32. The van der Waals surface area contributed by atoms with Gasteiger partial charge in [0.05, 0.1) is 17.1 Å². The number of nitrogens with one attached hydrogen (secondary N) is 1. The summed E-state index contributed by atoms with van der Waals surface area (Å²) in [5.41, 5.74) is 1.74. The number of hydrogen-bond donors (Lipinski definition) is 1. The maximum absolute atomic E-state index is 12.2. The van der Waals surface area contributed by atoms with Crippen molar-refractivity contribution in [3.63, 3.8) is 0 Å². The van der Waals surface area contributed by atoms with E-state index in [2.05, 4.69) is 9.82 Å². The van der Waals surface area contributed by atoms with Crippen LogP contribution < -0.4 is 10.3 Å². The molecule has 0 aliphatic heterocycles. The molecular formula is C15H16ClN3O3S. The molecule has 0 radical (unpaired) electrons. The van der Waals surface area contributed by atoms with Crippen LogP contribution in [0.3, 0.4) is 0 Å². The molecule has 6 nitrogen and oxygen atoms in total. The maximum Gasteiger partial charge on any atom is 0.267 e. The highest BCUT2D eigenvalue weighted by Gasteiger charge is 2.16. The van der Waals surface area contributed by atoms with E-state index in [-0.39, 0.29) is 23.5 Å². The molecule has 3 rings (SSSR count). The van der Waals surface area contributed by atoms with Gasteiger partial charge < -0.3 is 0 Å². The Labute approximate surface area is 139 Å². The Hall–Kier alpha value is -1.70. The van der Waals surface area contributed by atoms with Crippen LogP contribution >= 0.6 is 11.6 Å². The monoisotopic (exact) mass is 353 g/mol. The Morgan fingerprint density at radius 1 is 1.26 bits per heavy atom. The van der Waals surface area contributed by atoms with Crippen LogP contribution in [-0.4, -0.2) is 24.7 Å². The van der Waals surface area contributed by atoms with Crippen molar-refractivity contribution >= 4 is 21.6 Å². The van der Waals surface area contributed by atoms with Gasteiger partial charge in [-0.15, -0.1) is 0 Å². The molecule has 0 atom stereocenters. The lowest BCUT2D eigenvalue weighted by atomic mass is 10.2. The number of fused-ring (bicyclic) bond motifs is 1. The minimum absolute atomic E-state index is 0.0839. The van der Waals surface area contributed by atoms with E-state index in [0.29, 0.717) is 5.02 Å². The van der Waals surface area contributed by atoms with E-state index < -0.39 is 10.0 Å². The molecule has 0 bridgehead atoms. The van der Waals surface area contributed by atoms with Gasteiger partial charge in [-0.3, -0.25) is 4.79 Å². The molecule has 0 fully saturated rings. The first kappa shape index (κ1) is 16.2. The van der Waals surface area contributed by atoms with Crippen molar-refractivity contribution in [2.45, 2.75) is 30.7 Å². The van der Waals surface area contributed by atoms with Crippen molar-refractivity contribution in [3.8, 4) is 0 Å². The minimum atomic E-state index is -3.65. The van der Waals surface area contributed by atoms with E-state index in [1.807, 2.05) is 0 Å². The molecule has 1 aromatic heterocycles. The second-order valence-corrected chi connectivity index (χ2v) is 7.59. The van der Waals surface area contributed by atoms with Crippen molar-refractivity contribution in [2.75, 3.05) is 6.54 Å². The number of nitrogens with zero attached hydrogens (tertiary/aromatic N) is 2. The number of rotatable bonds is 5. The molecule has 2 aromatic rings. The van der Waals surface area contributed by atoms with Crippen LogP contribution in [0.2, 0.25) is 5.02 Å². The fourth-order valence-electron chi connectivity index (χ4n) is 2.60. The van der Waals surface area contributed by atoms with E-state index in [0.717, 1.165) is 30.5 Å². The molecule has 0 unspecified atom stereocenters. The lowest BCUT2D eigenvalue weighted by Gasteiger charge is -2.09. The van der Waals surface area contributed by atoms with Crippen molar-refractivity contribution < 1.29 is 8.42 Å². The van der Waals surface area contributed by atoms with Gasteiger partial charge in [-0.1, -0.05) is 17.7 Å². The molecule has 1 aliphatic rings. The molecule has 23 heavy (non-hydrogen) atoms. The summed E-state index contributed by atoms with van der Waals surface area (Å²) >= 11 is 5.81. The second-order valence-electron chi connectivity index (χ2n) is 5.39. The van der Waals surface area contributed by atoms with Crippen LogP contribution in [0.1, 0.15) is 17.7 Å². The Morgan fingerprint density at radius 3 is 2.87 bits per heavy atom. The summed E-state index contributed by atoms with van der Waals surface area (Å²) in [6, 6.07) is 7.62. The zero-order chi connectivity index (χ0) is 16.4. The predicted molar refractivity (Wildman–Crippen MR) is 87.2 cm³/mol. The Bertz CT molecular complexity index is 893. The van der Waals surface area contributed by atoms with Crippen molar-refractivity contribution in [1.29, 1.82) is 0 Å². The highest BCUT2D eigenvalue weighted by atomic mass is 35.5. The molecule has 1 N–H and O–H groups in total. The fourth-order valence-corrected chi connectivity index (χ4v) is 3.92. The summed E-state index contributed by atoms with van der Waals surface area (Å²) < 4.78 is 28.1. The molecule has 0 amide bonds. The van der Waals surface area contributed by atoms with Crippen LogP contribution in [0.15, 0.2) is 40.0 Å². The Morgan fingerprint density at radius 2 is 2.09 bits per heavy atom. The lowest BCUT2D eigenvalue weighted by molar-refractivity contribution is 0.541. The third kappa shape index (κ3) is 3.63. The van der Waals surface area contributed by atoms with Crippen LogP contribution in [-0.2, 0) is 29.4 Å². The number of benzene rings is 1. The third-order valence-corrected chi connectivity index (χ3v) is 5.44. The SMILES string of the molecule is O=c1cc2c(nn1CCNS(=O)(=O)c1cccc(Cl)c1)CCC2. The second kappa shape index (κ2) is 6.43. The average Bonchev–Trinajstić information content (AvgIpc) is 2.94. The number of sulfonamides is 1. The zero-order valence-corrected chi connectivity index (χ0v) is 13.9. The number of aryl methyl sites for hydroxylation is 2. The topological polar surface area (TPSA) is 81.1 Å². The summed E-state index contributed by atoms with van der Waals surface area (Å²) in [5, 5.41) is 4.66. The average molecular weight is 354 g/mol. The van der Waals surface area contributed by atoms with Gasteiger partial charge in [0.15, 0.2) is 0 Å². The number of aromatic nitrogens is 2. The number of halogens is 1. The van der Waals surface area contributed by atoms with Gasteiger partial charge in [0.25, 0.3) is 5.56 Å². The van der Waals surface area contributed by atoms with Crippen molar-refractivity contribution in [2.24, 2.45) is 0 Å². The quantitative estimate of drug-likeness (QED) is 0.880. The molecule has 1 aromatic carbocycles. The molecular weight excluding hydrogens is 338 g/mol. The van der Waals surface area contributed by atoms with Gasteiger partial charge in [-0.2, -0.15) is 5.10 Å². The predicted octanol–water partition coefficient (Wildman–Crippen LogP) is 1.36. The van der Waals surface area contributed by atoms with E-state index in [1.165, 1.54) is 16.8 Å². The normalized spacial score (nSPS) is 14.0. The first-order valence-corrected chi connectivity index (χ1v) is 9.17. The molecule has 0 saturated heterocycles. The van der Waals surface area contributed by atoms with Crippen LogP contribution in [0.5, 0.6) is 0 Å². The summed E-state index contributed by atoms with van der Waals surface area (Å²) in [5.74, 6) is 0. The minimum Gasteiger partial charge on any atom is -0.268 e. The zero-order valence-electron chi connectivity index (χ0n) is 12.3. The number of hydrogen-bond acceptors (Lipinski definition) is 4. The molecule has 0 saturated carbocycles. The van der Waals surface area contributed by atoms with Crippen molar-refractivity contribution in [1.82, 2.24) is 14.5 Å². The summed E-state index contributed by atoms with van der Waals surface area (Å²) in [4.78, 5) is 12.1. The van der Waals surface area contributed by atoms with Crippen molar-refractivity contribution in [3.05, 3.63) is 57.0 Å². The Balaban J connectivity index is 1.69. The summed E-state index contributed by atoms with van der Waals surface area (Å²) in [7, 11) is -3.65. The van der Waals surface area contributed by atoms with E-state index >= 15 is 0 Å². The van der Waals surface area contributed by atoms with Gasteiger partial charge >= 0.3 is 0 Å². The van der Waals surface area contributed by atoms with E-state index in [9.17, 15) is 13.2 Å². The first-order valence-electron chi connectivity index (χ1n) is 7.31. The standard InChI is InChI=1S/C15H16ClN3O3S/c16-12-4-2-5-13(10-12)23(21,22)17-7-8-19-15(20)9-11-3-1-6-14(11)18-19/h2,4-5,9-10,17H,1,3,6-8H2. The maximum atomic E-state index is 12.2. The molecule has 122 valence electrons. The fraction of sp³-hybridized carbons (Fsp3) is 0.333. The molecule has 0 spiro atoms. The van der Waals surface area contributed by atoms with Gasteiger partial charge in [0.2, 0.25) is 10.0 Å². The van der Waals surface area contributed by atoms with Gasteiger partial charge in [-0.25, -0.2) is 17.8 Å². The van der Waals surface area contributed by atoms with Crippen LogP contribution in [0, 0.1) is 0 Å². The Kier molecular flexibility index (Phi) is 4.52. The molecule has 8 heteroatoms. The molecule has 1 heterocycles. The highest BCUT2D eigenvalue weighted by molar-refractivity contribution is 7.89. The smallest absolute Gasteiger partial charge is 0.267 e. The van der Waals surface area contributed by atoms with Gasteiger partial charge in [0.1, 0.15) is 0 Å². The first-order chi connectivity index (χ1) is 11.0. The largest absolute Gasteiger partial charge is 0.268 e. The molecule has 1 aliphatic carbocycles. The third-order valence-electron chi connectivity index (χ3n) is 3.75. The van der Waals surface area contributed by atoms with Gasteiger partial charge in [-0.05, 0) is 43.0 Å². The van der Waals surface area contributed by atoms with Crippen LogP contribution in [0.25, 0.3) is 0 Å². The van der Waals surface area contributed by atoms with Crippen LogP contribution in [0.4, 0.5) is 0 Å². The van der Waals surface area contributed by atoms with E-state index in [1.54, 1.807) is 18.2 Å². The van der Waals surface area contributed by atoms with E-state index in [4.69, 9.17) is 11.6 Å². The summed E-state index contributed by atoms with van der Waals surface area (Å²) in [6.45, 7) is 0.270. The summed E-state index contributed by atoms with van der Waals surface area (Å²) in [6.07, 6.45) is 2.76. The highest BCUT2D eigenvalue weighted by Crippen LogP contribution is 2.17. The van der Waals surface area contributed by atoms with Gasteiger partial charge in [0, 0.05) is 17.6 Å².